The Morgan fingerprint density at radius 1 is 1.33 bits per heavy atom. The highest BCUT2D eigenvalue weighted by atomic mass is 32.2. The second-order valence-electron chi connectivity index (χ2n) is 4.24. The van der Waals surface area contributed by atoms with Crippen molar-refractivity contribution < 1.29 is 21.6 Å². The predicted molar refractivity (Wildman–Crippen MR) is 48.2 cm³/mol. The molecule has 7 heteroatoms. The second kappa shape index (κ2) is 3.10. The lowest BCUT2D eigenvalue weighted by atomic mass is 9.81. The predicted octanol–water partition coefficient (Wildman–Crippen LogP) is 0.716. The summed E-state index contributed by atoms with van der Waals surface area (Å²) in [5.74, 6) is -0.114. The van der Waals surface area contributed by atoms with E-state index in [-0.39, 0.29) is 31.7 Å². The molecule has 0 amide bonds. The van der Waals surface area contributed by atoms with Crippen molar-refractivity contribution in [3.63, 3.8) is 0 Å². The summed E-state index contributed by atoms with van der Waals surface area (Å²) < 4.78 is 61.9. The first-order valence-electron chi connectivity index (χ1n) is 4.79. The molecule has 0 saturated carbocycles. The number of hydrogen-bond acceptors (Lipinski definition) is 3. The van der Waals surface area contributed by atoms with E-state index in [1.165, 1.54) is 0 Å². The molecule has 0 aromatic carbocycles. The molecule has 2 aliphatic heterocycles. The normalized spacial score (nSPS) is 40.1. The summed E-state index contributed by atoms with van der Waals surface area (Å²) in [5.41, 5.74) is -2.04. The first kappa shape index (κ1) is 11.2. The summed E-state index contributed by atoms with van der Waals surface area (Å²) >= 11 is 0. The third kappa shape index (κ3) is 1.47. The molecule has 0 aromatic heterocycles. The molecule has 2 rings (SSSR count). The highest BCUT2D eigenvalue weighted by Gasteiger charge is 2.65. The number of fused-ring (bicyclic) bond motifs is 1. The smallest absolute Gasteiger partial charge is 0.314 e. The molecule has 2 heterocycles. The van der Waals surface area contributed by atoms with Gasteiger partial charge < -0.3 is 5.32 Å². The minimum atomic E-state index is -4.44. The summed E-state index contributed by atoms with van der Waals surface area (Å²) in [6.45, 7) is -0.331. The van der Waals surface area contributed by atoms with Crippen LogP contribution in [0.3, 0.4) is 0 Å². The maximum atomic E-state index is 12.9. The molecule has 0 aromatic rings. The first-order valence-corrected chi connectivity index (χ1v) is 6.50. The number of rotatable bonds is 0. The van der Waals surface area contributed by atoms with Crippen LogP contribution in [0.5, 0.6) is 0 Å². The van der Waals surface area contributed by atoms with Crippen molar-refractivity contribution in [2.24, 2.45) is 5.41 Å². The van der Waals surface area contributed by atoms with E-state index in [4.69, 9.17) is 0 Å². The molecular formula is C8H12F3NO2S. The van der Waals surface area contributed by atoms with Gasteiger partial charge in [-0.3, -0.25) is 0 Å². The number of hydrogen-bond donors (Lipinski definition) is 1. The third-order valence-electron chi connectivity index (χ3n) is 3.44. The van der Waals surface area contributed by atoms with Gasteiger partial charge in [-0.1, -0.05) is 0 Å². The number of nitrogens with one attached hydrogen (secondary N) is 1. The Morgan fingerprint density at radius 2 is 2.00 bits per heavy atom. The van der Waals surface area contributed by atoms with E-state index >= 15 is 0 Å². The van der Waals surface area contributed by atoms with E-state index in [9.17, 15) is 21.6 Å². The average Bonchev–Trinajstić information content (AvgIpc) is 2.48. The number of halogens is 3. The monoisotopic (exact) mass is 243 g/mol. The van der Waals surface area contributed by atoms with Crippen molar-refractivity contribution in [2.45, 2.75) is 24.3 Å². The van der Waals surface area contributed by atoms with Gasteiger partial charge in [0.15, 0.2) is 9.84 Å². The molecule has 15 heavy (non-hydrogen) atoms. The van der Waals surface area contributed by atoms with E-state index in [0.717, 1.165) is 0 Å². The van der Waals surface area contributed by atoms with Crippen LogP contribution in [0.4, 0.5) is 13.2 Å². The molecule has 88 valence electrons. The summed E-state index contributed by atoms with van der Waals surface area (Å²) in [6, 6.07) is 0. The van der Waals surface area contributed by atoms with Crippen molar-refractivity contribution >= 4 is 9.84 Å². The van der Waals surface area contributed by atoms with Crippen molar-refractivity contribution in [1.82, 2.24) is 5.32 Å². The summed E-state index contributed by atoms with van der Waals surface area (Å²) in [7, 11) is -3.58. The highest BCUT2D eigenvalue weighted by Crippen LogP contribution is 2.51. The van der Waals surface area contributed by atoms with Crippen LogP contribution < -0.4 is 5.32 Å². The molecule has 0 bridgehead atoms. The van der Waals surface area contributed by atoms with Crippen LogP contribution >= 0.6 is 0 Å². The molecule has 0 spiro atoms. The second-order valence-corrected chi connectivity index (χ2v) is 6.55. The number of alkyl halides is 3. The van der Waals surface area contributed by atoms with Gasteiger partial charge in [0.1, 0.15) is 0 Å². The Bertz CT molecular complexity index is 365. The lowest BCUT2D eigenvalue weighted by molar-refractivity contribution is -0.219. The zero-order valence-electron chi connectivity index (χ0n) is 7.97. The van der Waals surface area contributed by atoms with Gasteiger partial charge in [0.05, 0.1) is 16.4 Å². The third-order valence-corrected chi connectivity index (χ3v) is 5.78. The first-order chi connectivity index (χ1) is 6.80. The van der Waals surface area contributed by atoms with Crippen molar-refractivity contribution in [2.75, 3.05) is 18.8 Å². The maximum absolute atomic E-state index is 12.9. The van der Waals surface area contributed by atoms with Crippen LogP contribution in [0.15, 0.2) is 0 Å². The molecule has 0 aliphatic carbocycles. The number of sulfone groups is 1. The topological polar surface area (TPSA) is 46.2 Å². The van der Waals surface area contributed by atoms with Crippen LogP contribution in [0.1, 0.15) is 12.8 Å². The van der Waals surface area contributed by atoms with Crippen LogP contribution in [-0.2, 0) is 9.84 Å². The van der Waals surface area contributed by atoms with E-state index in [0.29, 0.717) is 0 Å². The van der Waals surface area contributed by atoms with Crippen LogP contribution in [-0.4, -0.2) is 38.7 Å². The Morgan fingerprint density at radius 3 is 2.53 bits per heavy atom. The van der Waals surface area contributed by atoms with Crippen LogP contribution in [0, 0.1) is 5.41 Å². The van der Waals surface area contributed by atoms with Gasteiger partial charge in [0, 0.05) is 13.1 Å². The van der Waals surface area contributed by atoms with Gasteiger partial charge in [-0.15, -0.1) is 0 Å². The van der Waals surface area contributed by atoms with Gasteiger partial charge in [0.2, 0.25) is 0 Å². The molecule has 0 unspecified atom stereocenters. The minimum Gasteiger partial charge on any atom is -0.314 e. The molecular weight excluding hydrogens is 231 g/mol. The van der Waals surface area contributed by atoms with Crippen LogP contribution in [0.2, 0.25) is 0 Å². The fourth-order valence-electron chi connectivity index (χ4n) is 2.61. The lowest BCUT2D eigenvalue weighted by Gasteiger charge is -2.39. The Labute approximate surface area is 86.0 Å². The van der Waals surface area contributed by atoms with Crippen molar-refractivity contribution in [3.8, 4) is 0 Å². The van der Waals surface area contributed by atoms with Crippen LogP contribution in [0.25, 0.3) is 0 Å². The lowest BCUT2D eigenvalue weighted by Crippen LogP contribution is -2.53. The van der Waals surface area contributed by atoms with E-state index < -0.39 is 26.7 Å². The molecule has 2 aliphatic rings. The average molecular weight is 243 g/mol. The van der Waals surface area contributed by atoms with Crippen molar-refractivity contribution in [1.29, 1.82) is 0 Å². The zero-order chi connectivity index (χ0) is 11.3. The standard InChI is InChI=1S/C8H12F3NO2S/c9-8(10,11)7-2-1-3-15(13,14)6(7)4-12-5-7/h6,12H,1-5H2/t6-,7-/m1/s1. The van der Waals surface area contributed by atoms with Gasteiger partial charge in [0.25, 0.3) is 0 Å². The maximum Gasteiger partial charge on any atom is 0.397 e. The van der Waals surface area contributed by atoms with E-state index in [1.54, 1.807) is 0 Å². The molecule has 2 saturated heterocycles. The summed E-state index contributed by atoms with van der Waals surface area (Å²) in [5, 5.41) is 1.29. The molecule has 3 nitrogen and oxygen atoms in total. The SMILES string of the molecule is O=S1(=O)CCC[C@@]2(C(F)(F)F)CNC[C@H]21. The zero-order valence-corrected chi connectivity index (χ0v) is 8.79. The minimum absolute atomic E-state index is 0.0676. The van der Waals surface area contributed by atoms with Gasteiger partial charge in [-0.05, 0) is 12.8 Å². The summed E-state index contributed by atoms with van der Waals surface area (Å²) in [6.07, 6.45) is -4.40. The van der Waals surface area contributed by atoms with E-state index in [1.807, 2.05) is 0 Å². The highest BCUT2D eigenvalue weighted by molar-refractivity contribution is 7.92. The Kier molecular flexibility index (Phi) is 2.31. The Hall–Kier alpha value is -0.300. The molecule has 0 radical (unpaired) electrons. The largest absolute Gasteiger partial charge is 0.397 e. The fraction of sp³-hybridized carbons (Fsp3) is 1.00. The Balaban J connectivity index is 2.46. The van der Waals surface area contributed by atoms with Gasteiger partial charge in [-0.25, -0.2) is 8.42 Å². The van der Waals surface area contributed by atoms with Gasteiger partial charge in [-0.2, -0.15) is 13.2 Å². The fourth-order valence-corrected chi connectivity index (χ4v) is 4.84. The van der Waals surface area contributed by atoms with Crippen molar-refractivity contribution in [3.05, 3.63) is 0 Å². The molecule has 1 N–H and O–H groups in total. The molecule has 2 atom stereocenters. The van der Waals surface area contributed by atoms with E-state index in [2.05, 4.69) is 5.32 Å². The molecule has 2 fully saturated rings. The van der Waals surface area contributed by atoms with Gasteiger partial charge >= 0.3 is 6.18 Å². The quantitative estimate of drug-likeness (QED) is 0.681. The summed E-state index contributed by atoms with van der Waals surface area (Å²) in [4.78, 5) is 0.